The van der Waals surface area contributed by atoms with Gasteiger partial charge in [0.15, 0.2) is 0 Å². The molecule has 0 aliphatic rings. The molecule has 0 aromatic carbocycles. The summed E-state index contributed by atoms with van der Waals surface area (Å²) >= 11 is 1.70. The maximum absolute atomic E-state index is 5.27. The Morgan fingerprint density at radius 2 is 2.07 bits per heavy atom. The smallest absolute Gasteiger partial charge is 0.110 e. The summed E-state index contributed by atoms with van der Waals surface area (Å²) in [5, 5.41) is 6.71. The van der Waals surface area contributed by atoms with Crippen molar-refractivity contribution in [3.63, 3.8) is 0 Å². The van der Waals surface area contributed by atoms with Crippen LogP contribution < -0.4 is 5.32 Å². The van der Waals surface area contributed by atoms with Gasteiger partial charge in [-0.15, -0.1) is 11.3 Å². The van der Waals surface area contributed by atoms with Crippen LogP contribution in [0.2, 0.25) is 0 Å². The molecule has 4 heteroatoms. The van der Waals surface area contributed by atoms with Crippen LogP contribution in [-0.4, -0.2) is 24.2 Å². The number of hydrogen-bond donors (Lipinski definition) is 1. The summed E-state index contributed by atoms with van der Waals surface area (Å²) in [5.41, 5.74) is 1.09. The van der Waals surface area contributed by atoms with Crippen LogP contribution in [0.3, 0.4) is 0 Å². The largest absolute Gasteiger partial charge is 0.380 e. The van der Waals surface area contributed by atoms with Crippen LogP contribution in [0.1, 0.15) is 37.5 Å². The van der Waals surface area contributed by atoms with Gasteiger partial charge in [-0.3, -0.25) is 0 Å². The van der Waals surface area contributed by atoms with E-state index in [0.29, 0.717) is 6.04 Å². The Hall–Kier alpha value is -0.450. The third kappa shape index (κ3) is 3.55. The van der Waals surface area contributed by atoms with Crippen LogP contribution in [-0.2, 0) is 4.74 Å². The van der Waals surface area contributed by atoms with Gasteiger partial charge in [0.05, 0.1) is 12.1 Å². The Bertz CT molecular complexity index is 301. The average Bonchev–Trinajstić information content (AvgIpc) is 2.63. The maximum Gasteiger partial charge on any atom is 0.110 e. The molecule has 0 saturated carbocycles. The number of aryl methyl sites for hydroxylation is 1. The highest BCUT2D eigenvalue weighted by Gasteiger charge is 2.16. The van der Waals surface area contributed by atoms with E-state index in [4.69, 9.17) is 4.74 Å². The van der Waals surface area contributed by atoms with Crippen LogP contribution in [0.5, 0.6) is 0 Å². The van der Waals surface area contributed by atoms with E-state index >= 15 is 0 Å². The van der Waals surface area contributed by atoms with Crippen molar-refractivity contribution >= 4 is 11.3 Å². The van der Waals surface area contributed by atoms with E-state index in [2.05, 4.69) is 36.5 Å². The normalized spacial score (nSPS) is 17.4. The van der Waals surface area contributed by atoms with E-state index in [9.17, 15) is 0 Å². The maximum atomic E-state index is 5.27. The first-order chi connectivity index (χ1) is 7.04. The van der Waals surface area contributed by atoms with Crippen molar-refractivity contribution in [2.24, 2.45) is 0 Å². The summed E-state index contributed by atoms with van der Waals surface area (Å²) in [5.74, 6) is 0. The fraction of sp³-hybridized carbons (Fsp3) is 0.727. The highest BCUT2D eigenvalue weighted by molar-refractivity contribution is 7.09. The van der Waals surface area contributed by atoms with Crippen LogP contribution in [0, 0.1) is 6.92 Å². The molecule has 0 spiro atoms. The lowest BCUT2D eigenvalue weighted by Crippen LogP contribution is -2.38. The number of ether oxygens (including phenoxy) is 1. The van der Waals surface area contributed by atoms with Crippen LogP contribution in [0.25, 0.3) is 0 Å². The van der Waals surface area contributed by atoms with Crippen molar-refractivity contribution in [2.45, 2.75) is 45.9 Å². The molecule has 0 fully saturated rings. The summed E-state index contributed by atoms with van der Waals surface area (Å²) in [6.45, 7) is 8.35. The summed E-state index contributed by atoms with van der Waals surface area (Å²) in [6.07, 6.45) is 0.216. The molecule has 3 nitrogen and oxygen atoms in total. The number of aromatic nitrogens is 1. The molecule has 1 aromatic heterocycles. The van der Waals surface area contributed by atoms with Gasteiger partial charge < -0.3 is 10.1 Å². The fourth-order valence-electron chi connectivity index (χ4n) is 1.38. The molecule has 0 amide bonds. The quantitative estimate of drug-likeness (QED) is 0.841. The highest BCUT2D eigenvalue weighted by Crippen LogP contribution is 2.18. The Morgan fingerprint density at radius 3 is 2.53 bits per heavy atom. The first-order valence-corrected chi connectivity index (χ1v) is 6.13. The van der Waals surface area contributed by atoms with Gasteiger partial charge in [0.2, 0.25) is 0 Å². The monoisotopic (exact) mass is 228 g/mol. The minimum absolute atomic E-state index is 0.216. The average molecular weight is 228 g/mol. The van der Waals surface area contributed by atoms with Gasteiger partial charge >= 0.3 is 0 Å². The van der Waals surface area contributed by atoms with Gasteiger partial charge in [-0.25, -0.2) is 4.98 Å². The van der Waals surface area contributed by atoms with E-state index < -0.39 is 0 Å². The lowest BCUT2D eigenvalue weighted by Gasteiger charge is -2.23. The van der Waals surface area contributed by atoms with Crippen LogP contribution in [0.4, 0.5) is 0 Å². The van der Waals surface area contributed by atoms with Gasteiger partial charge in [-0.2, -0.15) is 0 Å². The summed E-state index contributed by atoms with van der Waals surface area (Å²) in [4.78, 5) is 4.46. The Balaban J connectivity index is 2.52. The SMILES string of the molecule is COC(C)C(C)NC(C)c1nc(C)cs1. The Morgan fingerprint density at radius 1 is 1.40 bits per heavy atom. The van der Waals surface area contributed by atoms with Gasteiger partial charge in [0, 0.05) is 24.2 Å². The highest BCUT2D eigenvalue weighted by atomic mass is 32.1. The van der Waals surface area contributed by atoms with Crippen molar-refractivity contribution < 1.29 is 4.74 Å². The molecule has 86 valence electrons. The first kappa shape index (κ1) is 12.6. The number of nitrogens with one attached hydrogen (secondary N) is 1. The summed E-state index contributed by atoms with van der Waals surface area (Å²) < 4.78 is 5.27. The van der Waals surface area contributed by atoms with Crippen molar-refractivity contribution in [3.05, 3.63) is 16.1 Å². The minimum atomic E-state index is 0.216. The van der Waals surface area contributed by atoms with Gasteiger partial charge in [0.25, 0.3) is 0 Å². The molecule has 1 aromatic rings. The second-order valence-corrected chi connectivity index (χ2v) is 4.83. The summed E-state index contributed by atoms with van der Waals surface area (Å²) in [6, 6.07) is 0.616. The number of nitrogens with zero attached hydrogens (tertiary/aromatic N) is 1. The van der Waals surface area contributed by atoms with Gasteiger partial charge in [-0.05, 0) is 27.7 Å². The second-order valence-electron chi connectivity index (χ2n) is 3.94. The number of rotatable bonds is 5. The molecule has 3 atom stereocenters. The third-order valence-electron chi connectivity index (χ3n) is 2.60. The van der Waals surface area contributed by atoms with Gasteiger partial charge in [-0.1, -0.05) is 0 Å². The third-order valence-corrected chi connectivity index (χ3v) is 3.74. The van der Waals surface area contributed by atoms with Crippen LogP contribution in [0.15, 0.2) is 5.38 Å². The van der Waals surface area contributed by atoms with E-state index in [-0.39, 0.29) is 12.1 Å². The molecule has 0 aliphatic heterocycles. The second kappa shape index (κ2) is 5.58. The van der Waals surface area contributed by atoms with E-state index in [1.54, 1.807) is 18.4 Å². The lowest BCUT2D eigenvalue weighted by atomic mass is 10.2. The molecule has 15 heavy (non-hydrogen) atoms. The number of thiazole rings is 1. The first-order valence-electron chi connectivity index (χ1n) is 5.25. The molecule has 1 N–H and O–H groups in total. The molecule has 1 heterocycles. The summed E-state index contributed by atoms with van der Waals surface area (Å²) in [7, 11) is 1.74. The molecule has 3 unspecified atom stereocenters. The minimum Gasteiger partial charge on any atom is -0.380 e. The van der Waals surface area contributed by atoms with E-state index in [1.807, 2.05) is 6.92 Å². The Kier molecular flexibility index (Phi) is 4.70. The molecular weight excluding hydrogens is 208 g/mol. The Labute approximate surface area is 95.9 Å². The zero-order chi connectivity index (χ0) is 11.4. The van der Waals surface area contributed by atoms with Crippen molar-refractivity contribution in [1.82, 2.24) is 10.3 Å². The topological polar surface area (TPSA) is 34.1 Å². The molecule has 0 aliphatic carbocycles. The molecule has 1 rings (SSSR count). The zero-order valence-electron chi connectivity index (χ0n) is 10.1. The molecule has 0 bridgehead atoms. The predicted molar refractivity (Wildman–Crippen MR) is 64.3 cm³/mol. The van der Waals surface area contributed by atoms with Crippen LogP contribution >= 0.6 is 11.3 Å². The van der Waals surface area contributed by atoms with E-state index in [0.717, 1.165) is 10.7 Å². The van der Waals surface area contributed by atoms with Crippen molar-refractivity contribution in [3.8, 4) is 0 Å². The zero-order valence-corrected chi connectivity index (χ0v) is 10.9. The molecule has 0 radical (unpaired) electrons. The van der Waals surface area contributed by atoms with Gasteiger partial charge in [0.1, 0.15) is 5.01 Å². The lowest BCUT2D eigenvalue weighted by molar-refractivity contribution is 0.0852. The predicted octanol–water partition coefficient (Wildman–Crippen LogP) is 2.53. The molecule has 0 saturated heterocycles. The molecular formula is C11H20N2OS. The van der Waals surface area contributed by atoms with Crippen molar-refractivity contribution in [1.29, 1.82) is 0 Å². The van der Waals surface area contributed by atoms with E-state index in [1.165, 1.54) is 0 Å². The number of methoxy groups -OCH3 is 1. The fourth-order valence-corrected chi connectivity index (χ4v) is 2.19. The number of hydrogen-bond acceptors (Lipinski definition) is 4. The standard InChI is InChI=1S/C11H20N2OS/c1-7-6-15-11(12-7)9(3)13-8(2)10(4)14-5/h6,8-10,13H,1-5H3. The van der Waals surface area contributed by atoms with Crippen molar-refractivity contribution in [2.75, 3.05) is 7.11 Å².